The van der Waals surface area contributed by atoms with E-state index in [1.807, 2.05) is 12.3 Å². The Morgan fingerprint density at radius 2 is 1.94 bits per heavy atom. The third kappa shape index (κ3) is 3.25. The highest BCUT2D eigenvalue weighted by molar-refractivity contribution is 5.55. The number of pyridine rings is 1. The lowest BCUT2D eigenvalue weighted by molar-refractivity contribution is -0.354. The Bertz CT molecular complexity index is 1010. The number of nitrogens with zero attached hydrogens (tertiary/aromatic N) is 2. The number of rotatable bonds is 2. The number of anilines is 1. The summed E-state index contributed by atoms with van der Waals surface area (Å²) < 4.78 is 43.6. The summed E-state index contributed by atoms with van der Waals surface area (Å²) in [5, 5.41) is 0. The van der Waals surface area contributed by atoms with Gasteiger partial charge in [-0.2, -0.15) is 0 Å². The maximum atomic E-state index is 13.0. The van der Waals surface area contributed by atoms with Crippen molar-refractivity contribution < 1.29 is 17.9 Å². The van der Waals surface area contributed by atoms with E-state index in [4.69, 9.17) is 0 Å². The van der Waals surface area contributed by atoms with Gasteiger partial charge in [0.15, 0.2) is 0 Å². The Hall–Kier alpha value is -2.08. The van der Waals surface area contributed by atoms with E-state index < -0.39 is 12.5 Å². The molecule has 0 radical (unpaired) electrons. The maximum Gasteiger partial charge on any atom is 0.522 e. The number of ether oxygens (including phenoxy) is 1. The van der Waals surface area contributed by atoms with E-state index in [1.165, 1.54) is 22.4 Å². The molecule has 170 valence electrons. The molecule has 0 saturated heterocycles. The fraction of sp³-hybridized carbons (Fsp3) is 0.577. The van der Waals surface area contributed by atoms with Gasteiger partial charge in [0.05, 0.1) is 18.3 Å². The molecule has 32 heavy (non-hydrogen) atoms. The summed E-state index contributed by atoms with van der Waals surface area (Å²) >= 11 is 0. The van der Waals surface area contributed by atoms with E-state index in [1.54, 1.807) is 0 Å². The first-order valence-corrected chi connectivity index (χ1v) is 11.9. The van der Waals surface area contributed by atoms with E-state index in [0.717, 1.165) is 50.9 Å². The number of hydrogen-bond donors (Lipinski definition) is 0. The standard InChI is InChI=1S/C26H29F3N2O/c1-25-11-10-20-19-7-5-18(31-14-17-3-2-12-30-23(17)15-31)13-16(19)4-6-21(20)22(25)8-9-24(25)32-26(27,28)29/h2-3,5,7,12-13,20-22,24H,4,6,8-11,14-15H2,1H3. The molecule has 6 heteroatoms. The highest BCUT2D eigenvalue weighted by atomic mass is 19.4. The minimum atomic E-state index is -4.54. The summed E-state index contributed by atoms with van der Waals surface area (Å²) in [4.78, 5) is 6.91. The van der Waals surface area contributed by atoms with Crippen molar-refractivity contribution >= 4 is 5.69 Å². The number of alkyl halides is 3. The Morgan fingerprint density at radius 1 is 1.06 bits per heavy atom. The number of halogens is 3. The Morgan fingerprint density at radius 3 is 2.75 bits per heavy atom. The predicted octanol–water partition coefficient (Wildman–Crippen LogP) is 6.36. The Kier molecular flexibility index (Phi) is 4.62. The van der Waals surface area contributed by atoms with E-state index >= 15 is 0 Å². The topological polar surface area (TPSA) is 25.4 Å². The van der Waals surface area contributed by atoms with Crippen LogP contribution in [0.4, 0.5) is 18.9 Å². The molecule has 2 aromatic rings. The molecule has 4 aliphatic rings. The smallest absolute Gasteiger partial charge is 0.361 e. The summed E-state index contributed by atoms with van der Waals surface area (Å²) in [5.41, 5.74) is 6.21. The van der Waals surface area contributed by atoms with Gasteiger partial charge in [-0.15, -0.1) is 13.2 Å². The maximum absolute atomic E-state index is 13.0. The predicted molar refractivity (Wildman–Crippen MR) is 116 cm³/mol. The van der Waals surface area contributed by atoms with Crippen molar-refractivity contribution in [3.63, 3.8) is 0 Å². The number of benzene rings is 1. The van der Waals surface area contributed by atoms with E-state index in [0.29, 0.717) is 24.2 Å². The molecule has 2 fully saturated rings. The average Bonchev–Trinajstić information content (AvgIpc) is 3.33. The molecule has 5 unspecified atom stereocenters. The van der Waals surface area contributed by atoms with Crippen LogP contribution in [0.3, 0.4) is 0 Å². The fourth-order valence-corrected chi connectivity index (χ4v) is 7.45. The molecule has 5 atom stereocenters. The molecule has 2 heterocycles. The molecule has 3 aliphatic carbocycles. The lowest BCUT2D eigenvalue weighted by Crippen LogP contribution is -2.46. The monoisotopic (exact) mass is 442 g/mol. The normalized spacial score (nSPS) is 33.4. The summed E-state index contributed by atoms with van der Waals surface area (Å²) in [5.74, 6) is 1.25. The van der Waals surface area contributed by atoms with Gasteiger partial charge in [0.25, 0.3) is 0 Å². The van der Waals surface area contributed by atoms with Gasteiger partial charge in [0.2, 0.25) is 0 Å². The average molecular weight is 443 g/mol. The molecular weight excluding hydrogens is 413 g/mol. The van der Waals surface area contributed by atoms with Crippen LogP contribution in [0.15, 0.2) is 36.5 Å². The summed E-state index contributed by atoms with van der Waals surface area (Å²) in [6.07, 6.45) is 1.86. The van der Waals surface area contributed by atoms with Crippen molar-refractivity contribution in [2.45, 2.75) is 76.9 Å². The zero-order chi connectivity index (χ0) is 22.1. The molecule has 0 N–H and O–H groups in total. The van der Waals surface area contributed by atoms with Gasteiger partial charge in [0, 0.05) is 18.4 Å². The highest BCUT2D eigenvalue weighted by Crippen LogP contribution is 2.62. The SMILES string of the molecule is CC12CCC3c4ccc(N5Cc6cccnc6C5)cc4CCC3C1CCC2OC(F)(F)F. The lowest BCUT2D eigenvalue weighted by Gasteiger charge is -2.50. The van der Waals surface area contributed by atoms with Crippen molar-refractivity contribution in [3.8, 4) is 0 Å². The zero-order valence-corrected chi connectivity index (χ0v) is 18.4. The van der Waals surface area contributed by atoms with Gasteiger partial charge in [-0.25, -0.2) is 0 Å². The molecule has 1 aromatic carbocycles. The second kappa shape index (κ2) is 7.21. The molecular formula is C26H29F3N2O. The molecule has 1 aromatic heterocycles. The van der Waals surface area contributed by atoms with Crippen LogP contribution in [0.1, 0.15) is 67.3 Å². The van der Waals surface area contributed by atoms with Crippen LogP contribution in [0.5, 0.6) is 0 Å². The number of hydrogen-bond acceptors (Lipinski definition) is 3. The quantitative estimate of drug-likeness (QED) is 0.541. The van der Waals surface area contributed by atoms with Crippen molar-refractivity contribution in [2.75, 3.05) is 4.90 Å². The first kappa shape index (κ1) is 20.5. The molecule has 0 bridgehead atoms. The van der Waals surface area contributed by atoms with Gasteiger partial charge in [-0.1, -0.05) is 19.1 Å². The Balaban J connectivity index is 1.23. The molecule has 6 rings (SSSR count). The van der Waals surface area contributed by atoms with Crippen molar-refractivity contribution in [3.05, 3.63) is 58.9 Å². The first-order valence-electron chi connectivity index (χ1n) is 11.9. The minimum Gasteiger partial charge on any atom is -0.361 e. The van der Waals surface area contributed by atoms with E-state index in [-0.39, 0.29) is 5.41 Å². The van der Waals surface area contributed by atoms with Gasteiger partial charge >= 0.3 is 6.36 Å². The van der Waals surface area contributed by atoms with Crippen LogP contribution in [-0.2, 0) is 24.2 Å². The van der Waals surface area contributed by atoms with Crippen LogP contribution >= 0.6 is 0 Å². The third-order valence-electron chi connectivity index (χ3n) is 8.95. The van der Waals surface area contributed by atoms with Crippen LogP contribution in [0, 0.1) is 17.3 Å². The second-order valence-corrected chi connectivity index (χ2v) is 10.4. The zero-order valence-electron chi connectivity index (χ0n) is 18.4. The van der Waals surface area contributed by atoms with Crippen LogP contribution in [-0.4, -0.2) is 17.5 Å². The largest absolute Gasteiger partial charge is 0.522 e. The van der Waals surface area contributed by atoms with Gasteiger partial charge in [0.1, 0.15) is 0 Å². The highest BCUT2D eigenvalue weighted by Gasteiger charge is 2.57. The van der Waals surface area contributed by atoms with Gasteiger partial charge in [-0.3, -0.25) is 9.72 Å². The van der Waals surface area contributed by atoms with Crippen molar-refractivity contribution in [1.29, 1.82) is 0 Å². The minimum absolute atomic E-state index is 0.320. The van der Waals surface area contributed by atoms with E-state index in [9.17, 15) is 13.2 Å². The summed E-state index contributed by atoms with van der Waals surface area (Å²) in [7, 11) is 0. The number of aryl methyl sites for hydroxylation is 1. The van der Waals surface area contributed by atoms with Gasteiger partial charge < -0.3 is 4.90 Å². The van der Waals surface area contributed by atoms with Crippen LogP contribution in [0.25, 0.3) is 0 Å². The molecule has 1 aliphatic heterocycles. The Labute approximate surface area is 187 Å². The lowest BCUT2D eigenvalue weighted by atomic mass is 9.55. The molecule has 0 spiro atoms. The third-order valence-corrected chi connectivity index (χ3v) is 8.95. The van der Waals surface area contributed by atoms with Gasteiger partial charge in [-0.05, 0) is 96.6 Å². The number of fused-ring (bicyclic) bond motifs is 6. The van der Waals surface area contributed by atoms with Crippen molar-refractivity contribution in [1.82, 2.24) is 4.98 Å². The molecule has 0 amide bonds. The fourth-order valence-electron chi connectivity index (χ4n) is 7.45. The summed E-state index contributed by atoms with van der Waals surface area (Å²) in [6.45, 7) is 3.80. The second-order valence-electron chi connectivity index (χ2n) is 10.4. The first-order chi connectivity index (χ1) is 15.3. The molecule has 2 saturated carbocycles. The van der Waals surface area contributed by atoms with Crippen LogP contribution in [0.2, 0.25) is 0 Å². The summed E-state index contributed by atoms with van der Waals surface area (Å²) in [6, 6.07) is 11.1. The molecule has 3 nitrogen and oxygen atoms in total. The van der Waals surface area contributed by atoms with Crippen molar-refractivity contribution in [2.24, 2.45) is 17.3 Å². The van der Waals surface area contributed by atoms with Crippen LogP contribution < -0.4 is 4.90 Å². The number of aromatic nitrogens is 1. The van der Waals surface area contributed by atoms with E-state index in [2.05, 4.69) is 45.8 Å².